The average Bonchev–Trinajstić information content (AvgIpc) is 2.41. The maximum absolute atomic E-state index is 11.6. The van der Waals surface area contributed by atoms with Gasteiger partial charge in [-0.1, -0.05) is 6.07 Å². The molecule has 0 atom stereocenters. The van der Waals surface area contributed by atoms with Crippen LogP contribution in [0.15, 0.2) is 23.1 Å². The van der Waals surface area contributed by atoms with Crippen LogP contribution >= 0.6 is 0 Å². The first kappa shape index (κ1) is 17.3. The summed E-state index contributed by atoms with van der Waals surface area (Å²) in [6.07, 6.45) is 0.950. The lowest BCUT2D eigenvalue weighted by atomic mass is 10.2. The third kappa shape index (κ3) is 5.29. The Morgan fingerprint density at radius 3 is 2.57 bits per heavy atom. The molecule has 0 amide bonds. The van der Waals surface area contributed by atoms with Gasteiger partial charge in [0.15, 0.2) is 9.84 Å². The van der Waals surface area contributed by atoms with Gasteiger partial charge in [0.05, 0.1) is 11.5 Å². The molecule has 0 saturated carbocycles. The van der Waals surface area contributed by atoms with Crippen molar-refractivity contribution in [3.8, 4) is 0 Å². The van der Waals surface area contributed by atoms with Gasteiger partial charge in [-0.25, -0.2) is 8.42 Å². The third-order valence-corrected chi connectivity index (χ3v) is 3.81. The summed E-state index contributed by atoms with van der Waals surface area (Å²) in [5.41, 5.74) is -0.228. The van der Waals surface area contributed by atoms with Gasteiger partial charge in [-0.2, -0.15) is 0 Å². The van der Waals surface area contributed by atoms with Gasteiger partial charge in [-0.3, -0.25) is 10.1 Å². The van der Waals surface area contributed by atoms with Crippen molar-refractivity contribution >= 4 is 21.2 Å². The van der Waals surface area contributed by atoms with Crippen molar-refractivity contribution in [1.82, 2.24) is 5.32 Å². The molecular weight excluding hydrogens is 298 g/mol. The minimum Gasteiger partial charge on any atom is -0.383 e. The average molecular weight is 317 g/mol. The molecule has 8 nitrogen and oxygen atoms in total. The minimum atomic E-state index is -3.66. The number of ether oxygens (including phenoxy) is 1. The molecule has 0 radical (unpaired) electrons. The molecule has 0 fully saturated rings. The summed E-state index contributed by atoms with van der Waals surface area (Å²) in [5.74, 6) is 0. The van der Waals surface area contributed by atoms with Crippen LogP contribution in [0.25, 0.3) is 0 Å². The van der Waals surface area contributed by atoms with Gasteiger partial charge in [0, 0.05) is 33.0 Å². The summed E-state index contributed by atoms with van der Waals surface area (Å²) in [6, 6.07) is 4.20. The molecule has 0 unspecified atom stereocenters. The van der Waals surface area contributed by atoms with Gasteiger partial charge in [0.25, 0.3) is 0 Å². The van der Waals surface area contributed by atoms with Crippen molar-refractivity contribution in [2.24, 2.45) is 0 Å². The molecular formula is C12H19N3O5S. The number of rotatable bonds is 9. The van der Waals surface area contributed by atoms with Gasteiger partial charge in [-0.05, 0) is 12.1 Å². The van der Waals surface area contributed by atoms with E-state index in [9.17, 15) is 18.5 Å². The highest BCUT2D eigenvalue weighted by molar-refractivity contribution is 7.90. The first-order valence-electron chi connectivity index (χ1n) is 6.29. The zero-order valence-corrected chi connectivity index (χ0v) is 12.8. The van der Waals surface area contributed by atoms with Gasteiger partial charge in [0.1, 0.15) is 10.6 Å². The fraction of sp³-hybridized carbons (Fsp3) is 0.500. The molecule has 1 aromatic rings. The number of nitrogens with one attached hydrogen (secondary N) is 2. The van der Waals surface area contributed by atoms with E-state index >= 15 is 0 Å². The molecule has 1 aromatic carbocycles. The smallest absolute Gasteiger partial charge is 0.310 e. The normalized spacial score (nSPS) is 11.3. The molecule has 21 heavy (non-hydrogen) atoms. The number of nitro groups is 1. The lowest BCUT2D eigenvalue weighted by molar-refractivity contribution is -0.386. The zero-order valence-electron chi connectivity index (χ0n) is 12.0. The van der Waals surface area contributed by atoms with Crippen LogP contribution in [0.5, 0.6) is 0 Å². The van der Waals surface area contributed by atoms with E-state index < -0.39 is 20.4 Å². The Bertz CT molecular complexity index is 589. The fourth-order valence-corrected chi connectivity index (χ4v) is 2.60. The van der Waals surface area contributed by atoms with Crippen LogP contribution in [0.1, 0.15) is 0 Å². The lowest BCUT2D eigenvalue weighted by Gasteiger charge is -2.10. The summed E-state index contributed by atoms with van der Waals surface area (Å²) in [5, 5.41) is 17.1. The molecule has 9 heteroatoms. The van der Waals surface area contributed by atoms with E-state index in [0.717, 1.165) is 6.26 Å². The van der Waals surface area contributed by atoms with Crippen LogP contribution in [0.3, 0.4) is 0 Å². The van der Waals surface area contributed by atoms with E-state index in [1.165, 1.54) is 18.2 Å². The fourth-order valence-electron chi connectivity index (χ4n) is 1.74. The first-order valence-corrected chi connectivity index (χ1v) is 8.18. The summed E-state index contributed by atoms with van der Waals surface area (Å²) in [6.45, 7) is 2.24. The molecule has 2 N–H and O–H groups in total. The number of para-hydroxylation sites is 1. The van der Waals surface area contributed by atoms with E-state index in [4.69, 9.17) is 4.74 Å². The quantitative estimate of drug-likeness (QED) is 0.391. The van der Waals surface area contributed by atoms with Gasteiger partial charge in [-0.15, -0.1) is 0 Å². The number of anilines is 1. The number of nitrogens with zero attached hydrogens (tertiary/aromatic N) is 1. The topological polar surface area (TPSA) is 111 Å². The largest absolute Gasteiger partial charge is 0.383 e. The Morgan fingerprint density at radius 2 is 2.00 bits per heavy atom. The number of benzene rings is 1. The maximum Gasteiger partial charge on any atom is 0.310 e. The Balaban J connectivity index is 2.81. The Morgan fingerprint density at radius 1 is 1.29 bits per heavy atom. The van der Waals surface area contributed by atoms with Crippen molar-refractivity contribution in [1.29, 1.82) is 0 Å². The molecule has 0 aliphatic carbocycles. The van der Waals surface area contributed by atoms with E-state index in [-0.39, 0.29) is 10.6 Å². The molecule has 0 spiro atoms. The van der Waals surface area contributed by atoms with Crippen LogP contribution in [-0.2, 0) is 14.6 Å². The van der Waals surface area contributed by atoms with Crippen molar-refractivity contribution < 1.29 is 18.1 Å². The first-order chi connectivity index (χ1) is 9.88. The molecule has 0 bridgehead atoms. The van der Waals surface area contributed by atoms with Crippen molar-refractivity contribution in [2.45, 2.75) is 4.90 Å². The highest BCUT2D eigenvalue weighted by atomic mass is 32.2. The number of methoxy groups -OCH3 is 1. The second-order valence-electron chi connectivity index (χ2n) is 4.35. The molecule has 0 saturated heterocycles. The summed E-state index contributed by atoms with van der Waals surface area (Å²) < 4.78 is 28.1. The number of sulfone groups is 1. The maximum atomic E-state index is 11.6. The molecule has 0 aliphatic heterocycles. The molecule has 1 rings (SSSR count). The minimum absolute atomic E-state index is 0.191. The van der Waals surface area contributed by atoms with Gasteiger partial charge in [0.2, 0.25) is 0 Å². The lowest BCUT2D eigenvalue weighted by Crippen LogP contribution is -2.25. The highest BCUT2D eigenvalue weighted by Gasteiger charge is 2.25. The van der Waals surface area contributed by atoms with Crippen molar-refractivity contribution in [3.05, 3.63) is 28.3 Å². The van der Waals surface area contributed by atoms with Crippen LogP contribution in [0.4, 0.5) is 11.4 Å². The Labute approximate surface area is 123 Å². The number of nitro benzene ring substituents is 1. The number of hydrogen-bond acceptors (Lipinski definition) is 7. The third-order valence-electron chi connectivity index (χ3n) is 2.68. The van der Waals surface area contributed by atoms with E-state index in [1.54, 1.807) is 7.11 Å². The molecule has 0 aliphatic rings. The van der Waals surface area contributed by atoms with Crippen LogP contribution < -0.4 is 10.6 Å². The predicted molar refractivity (Wildman–Crippen MR) is 79.4 cm³/mol. The Kier molecular flexibility index (Phi) is 6.53. The zero-order chi connectivity index (χ0) is 15.9. The van der Waals surface area contributed by atoms with E-state index in [1.807, 2.05) is 0 Å². The van der Waals surface area contributed by atoms with Crippen LogP contribution in [0.2, 0.25) is 0 Å². The van der Waals surface area contributed by atoms with Crippen LogP contribution in [-0.4, -0.2) is 52.9 Å². The standard InChI is InChI=1S/C12H19N3O5S/c1-20-9-8-13-6-7-14-10-4-3-5-11(21(2,18)19)12(10)15(16)17/h3-5,13-14H,6-9H2,1-2H3. The predicted octanol–water partition coefficient (Wildman–Crippen LogP) is 0.646. The SMILES string of the molecule is COCCNCCNc1cccc(S(C)(=O)=O)c1[N+](=O)[O-]. The van der Waals surface area contributed by atoms with E-state index in [0.29, 0.717) is 26.2 Å². The van der Waals surface area contributed by atoms with Gasteiger partial charge >= 0.3 is 5.69 Å². The summed E-state index contributed by atoms with van der Waals surface area (Å²) in [4.78, 5) is 10.2. The van der Waals surface area contributed by atoms with Gasteiger partial charge < -0.3 is 15.4 Å². The summed E-state index contributed by atoms with van der Waals surface area (Å²) in [7, 11) is -2.06. The van der Waals surface area contributed by atoms with Crippen LogP contribution in [0, 0.1) is 10.1 Å². The molecule has 0 heterocycles. The highest BCUT2D eigenvalue weighted by Crippen LogP contribution is 2.31. The Hall–Kier alpha value is -1.71. The number of hydrogen-bond donors (Lipinski definition) is 2. The monoisotopic (exact) mass is 317 g/mol. The summed E-state index contributed by atoms with van der Waals surface area (Å²) >= 11 is 0. The van der Waals surface area contributed by atoms with Crippen molar-refractivity contribution in [3.63, 3.8) is 0 Å². The molecule has 0 aromatic heterocycles. The second kappa shape index (κ2) is 7.91. The second-order valence-corrected chi connectivity index (χ2v) is 6.34. The molecule has 118 valence electrons. The van der Waals surface area contributed by atoms with E-state index in [2.05, 4.69) is 10.6 Å². The van der Waals surface area contributed by atoms with Crippen molar-refractivity contribution in [2.75, 3.05) is 44.9 Å².